The summed E-state index contributed by atoms with van der Waals surface area (Å²) in [5, 5.41) is 11.6. The van der Waals surface area contributed by atoms with Crippen LogP contribution in [0.4, 0.5) is 14.5 Å². The molecule has 0 amide bonds. The van der Waals surface area contributed by atoms with Gasteiger partial charge in [0.05, 0.1) is 18.0 Å². The number of alkyl halides is 2. The van der Waals surface area contributed by atoms with E-state index >= 15 is 0 Å². The minimum absolute atomic E-state index is 0.0828. The van der Waals surface area contributed by atoms with Crippen LogP contribution in [0.15, 0.2) is 29.2 Å². The third-order valence-electron chi connectivity index (χ3n) is 2.47. The van der Waals surface area contributed by atoms with Gasteiger partial charge in [-0.25, -0.2) is 17.2 Å². The molecule has 0 aliphatic heterocycles. The number of hydrogen-bond donors (Lipinski definition) is 2. The zero-order chi connectivity index (χ0) is 14.5. The van der Waals surface area contributed by atoms with Crippen LogP contribution in [-0.2, 0) is 10.0 Å². The van der Waals surface area contributed by atoms with Crippen molar-refractivity contribution < 1.29 is 22.3 Å². The molecule has 5 nitrogen and oxygen atoms in total. The Morgan fingerprint density at radius 3 is 2.32 bits per heavy atom. The molecule has 8 heteroatoms. The van der Waals surface area contributed by atoms with E-state index in [0.29, 0.717) is 9.99 Å². The highest BCUT2D eigenvalue weighted by Gasteiger charge is 2.26. The van der Waals surface area contributed by atoms with Crippen molar-refractivity contribution in [3.8, 4) is 0 Å². The zero-order valence-electron chi connectivity index (χ0n) is 10.4. The summed E-state index contributed by atoms with van der Waals surface area (Å²) in [6.45, 7) is -1.81. The maximum atomic E-state index is 12.4. The summed E-state index contributed by atoms with van der Waals surface area (Å²) in [6, 6.07) is 5.73. The van der Waals surface area contributed by atoms with E-state index in [1.54, 1.807) is 7.05 Å². The Morgan fingerprint density at radius 1 is 1.32 bits per heavy atom. The van der Waals surface area contributed by atoms with Crippen molar-refractivity contribution in [2.45, 2.75) is 11.3 Å². The molecule has 0 aliphatic carbocycles. The first-order valence-electron chi connectivity index (χ1n) is 5.58. The molecular formula is C11H16F2N2O3S. The Bertz CT molecular complexity index is 491. The molecule has 0 saturated carbocycles. The van der Waals surface area contributed by atoms with Crippen LogP contribution < -0.4 is 5.32 Å². The van der Waals surface area contributed by atoms with Crippen molar-refractivity contribution in [3.63, 3.8) is 0 Å². The molecule has 0 heterocycles. The predicted octanol–water partition coefficient (Wildman–Crippen LogP) is 0.976. The Morgan fingerprint density at radius 2 is 1.89 bits per heavy atom. The molecule has 0 aliphatic rings. The molecule has 0 fully saturated rings. The molecule has 1 rings (SSSR count). The van der Waals surface area contributed by atoms with E-state index in [0.717, 1.165) is 0 Å². The van der Waals surface area contributed by atoms with Crippen LogP contribution in [0.2, 0.25) is 0 Å². The van der Waals surface area contributed by atoms with Crippen LogP contribution in [0.25, 0.3) is 0 Å². The summed E-state index contributed by atoms with van der Waals surface area (Å²) in [5.41, 5.74) is 0.710. The topological polar surface area (TPSA) is 69.6 Å². The summed E-state index contributed by atoms with van der Waals surface area (Å²) < 4.78 is 49.6. The maximum Gasteiger partial charge on any atom is 0.252 e. The molecule has 0 atom stereocenters. The highest BCUT2D eigenvalue weighted by molar-refractivity contribution is 7.89. The van der Waals surface area contributed by atoms with Crippen molar-refractivity contribution in [3.05, 3.63) is 24.3 Å². The van der Waals surface area contributed by atoms with Crippen molar-refractivity contribution in [1.29, 1.82) is 0 Å². The number of hydrogen-bond acceptors (Lipinski definition) is 4. The Kier molecular flexibility index (Phi) is 5.64. The number of aliphatic hydroxyl groups is 1. The van der Waals surface area contributed by atoms with Gasteiger partial charge in [0.1, 0.15) is 0 Å². The molecule has 0 radical (unpaired) electrons. The van der Waals surface area contributed by atoms with Gasteiger partial charge in [-0.2, -0.15) is 4.31 Å². The number of nitrogens with zero attached hydrogens (tertiary/aromatic N) is 1. The van der Waals surface area contributed by atoms with Gasteiger partial charge in [-0.1, -0.05) is 0 Å². The Labute approximate surface area is 110 Å². The van der Waals surface area contributed by atoms with Gasteiger partial charge < -0.3 is 10.4 Å². The molecule has 0 bridgehead atoms. The fraction of sp³-hybridized carbons (Fsp3) is 0.455. The van der Waals surface area contributed by atoms with E-state index in [4.69, 9.17) is 5.11 Å². The quantitative estimate of drug-likeness (QED) is 0.786. The van der Waals surface area contributed by atoms with Gasteiger partial charge in [0.15, 0.2) is 0 Å². The van der Waals surface area contributed by atoms with Crippen LogP contribution >= 0.6 is 0 Å². The van der Waals surface area contributed by atoms with Gasteiger partial charge in [0.2, 0.25) is 10.0 Å². The van der Waals surface area contributed by atoms with Crippen molar-refractivity contribution >= 4 is 15.7 Å². The van der Waals surface area contributed by atoms with E-state index in [-0.39, 0.29) is 11.4 Å². The van der Waals surface area contributed by atoms with Crippen molar-refractivity contribution in [2.24, 2.45) is 0 Å². The molecule has 108 valence electrons. The number of aliphatic hydroxyl groups excluding tert-OH is 1. The standard InChI is InChI=1S/C11H16F2N2O3S/c1-14-9-2-4-10(5-3-9)19(17,18)15(6-7-16)8-11(12)13/h2-5,11,14,16H,6-8H2,1H3. The molecule has 19 heavy (non-hydrogen) atoms. The average molecular weight is 294 g/mol. The van der Waals surface area contributed by atoms with Gasteiger partial charge in [0, 0.05) is 19.3 Å². The molecule has 1 aromatic carbocycles. The van der Waals surface area contributed by atoms with Crippen LogP contribution in [0.5, 0.6) is 0 Å². The average Bonchev–Trinajstić information content (AvgIpc) is 2.38. The number of rotatable bonds is 7. The minimum atomic E-state index is -4.02. The highest BCUT2D eigenvalue weighted by Crippen LogP contribution is 2.18. The van der Waals surface area contributed by atoms with Crippen LogP contribution in [0, 0.1) is 0 Å². The van der Waals surface area contributed by atoms with E-state index < -0.39 is 29.6 Å². The number of anilines is 1. The van der Waals surface area contributed by atoms with Gasteiger partial charge in [0.25, 0.3) is 6.43 Å². The molecular weight excluding hydrogens is 278 g/mol. The van der Waals surface area contributed by atoms with E-state index in [1.165, 1.54) is 24.3 Å². The summed E-state index contributed by atoms with van der Waals surface area (Å²) in [5.74, 6) is 0. The maximum absolute atomic E-state index is 12.4. The summed E-state index contributed by atoms with van der Waals surface area (Å²) in [7, 11) is -2.34. The lowest BCUT2D eigenvalue weighted by molar-refractivity contribution is 0.113. The number of halogens is 2. The number of sulfonamides is 1. The van der Waals surface area contributed by atoms with E-state index in [2.05, 4.69) is 5.32 Å². The molecule has 0 spiro atoms. The Balaban J connectivity index is 3.03. The molecule has 0 saturated heterocycles. The predicted molar refractivity (Wildman–Crippen MR) is 67.8 cm³/mol. The van der Waals surface area contributed by atoms with Crippen molar-refractivity contribution in [1.82, 2.24) is 4.31 Å². The monoisotopic (exact) mass is 294 g/mol. The van der Waals surface area contributed by atoms with Gasteiger partial charge in [-0.15, -0.1) is 0 Å². The summed E-state index contributed by atoms with van der Waals surface area (Å²) in [6.07, 6.45) is -2.79. The van der Waals surface area contributed by atoms with Crippen LogP contribution in [-0.4, -0.2) is 51.0 Å². The molecule has 0 unspecified atom stereocenters. The summed E-state index contributed by atoms with van der Waals surface area (Å²) >= 11 is 0. The van der Waals surface area contributed by atoms with E-state index in [1.807, 2.05) is 0 Å². The fourth-order valence-electron chi connectivity index (χ4n) is 1.52. The molecule has 2 N–H and O–H groups in total. The zero-order valence-corrected chi connectivity index (χ0v) is 11.2. The third kappa shape index (κ3) is 4.12. The Hall–Kier alpha value is -1.25. The first kappa shape index (κ1) is 15.8. The second-order valence-corrected chi connectivity index (χ2v) is 5.69. The lowest BCUT2D eigenvalue weighted by Gasteiger charge is -2.20. The second kappa shape index (κ2) is 6.78. The van der Waals surface area contributed by atoms with Gasteiger partial charge in [-0.05, 0) is 24.3 Å². The highest BCUT2D eigenvalue weighted by atomic mass is 32.2. The smallest absolute Gasteiger partial charge is 0.252 e. The number of benzene rings is 1. The van der Waals surface area contributed by atoms with Gasteiger partial charge >= 0.3 is 0 Å². The lowest BCUT2D eigenvalue weighted by atomic mass is 10.3. The normalized spacial score (nSPS) is 12.1. The first-order chi connectivity index (χ1) is 8.91. The summed E-state index contributed by atoms with van der Waals surface area (Å²) in [4.78, 5) is -0.0828. The van der Waals surface area contributed by atoms with Crippen LogP contribution in [0.3, 0.4) is 0 Å². The van der Waals surface area contributed by atoms with Crippen LogP contribution in [0.1, 0.15) is 0 Å². The third-order valence-corrected chi connectivity index (χ3v) is 4.35. The second-order valence-electron chi connectivity index (χ2n) is 3.75. The van der Waals surface area contributed by atoms with E-state index in [9.17, 15) is 17.2 Å². The van der Waals surface area contributed by atoms with Crippen molar-refractivity contribution in [2.75, 3.05) is 32.1 Å². The molecule has 1 aromatic rings. The molecule has 0 aromatic heterocycles. The van der Waals surface area contributed by atoms with Gasteiger partial charge in [-0.3, -0.25) is 0 Å². The largest absolute Gasteiger partial charge is 0.395 e. The minimum Gasteiger partial charge on any atom is -0.395 e. The number of nitrogens with one attached hydrogen (secondary N) is 1. The lowest BCUT2D eigenvalue weighted by Crippen LogP contribution is -2.37. The SMILES string of the molecule is CNc1ccc(S(=O)(=O)N(CCO)CC(F)F)cc1. The fourth-order valence-corrected chi connectivity index (χ4v) is 2.93. The first-order valence-corrected chi connectivity index (χ1v) is 7.02.